The first-order valence-electron chi connectivity index (χ1n) is 6.63. The van der Waals surface area contributed by atoms with Crippen LogP contribution in [0.2, 0.25) is 0 Å². The van der Waals surface area contributed by atoms with Gasteiger partial charge in [-0.05, 0) is 36.4 Å². The van der Waals surface area contributed by atoms with Crippen molar-refractivity contribution in [1.82, 2.24) is 0 Å². The number of hydrogen-bond acceptors (Lipinski definition) is 3. The topological polar surface area (TPSA) is 61.3 Å². The highest BCUT2D eigenvalue weighted by Crippen LogP contribution is 2.30. The summed E-state index contributed by atoms with van der Waals surface area (Å²) in [4.78, 5) is 0. The van der Waals surface area contributed by atoms with E-state index in [9.17, 15) is 0 Å². The van der Waals surface area contributed by atoms with Crippen LogP contribution in [0.25, 0.3) is 0 Å². The van der Waals surface area contributed by atoms with E-state index >= 15 is 0 Å². The molecule has 1 aromatic rings. The average Bonchev–Trinajstić information content (AvgIpc) is 2.37. The third kappa shape index (κ3) is 3.72. The Kier molecular flexibility index (Phi) is 5.63. The van der Waals surface area contributed by atoms with Gasteiger partial charge in [0.05, 0.1) is 7.11 Å². The van der Waals surface area contributed by atoms with Crippen LogP contribution in [0.3, 0.4) is 0 Å². The molecule has 4 N–H and O–H groups in total. The molecular formula is C15H26N2O. The van der Waals surface area contributed by atoms with Crippen LogP contribution < -0.4 is 16.2 Å². The second-order valence-electron chi connectivity index (χ2n) is 5.34. The molecule has 0 aliphatic rings. The summed E-state index contributed by atoms with van der Waals surface area (Å²) < 4.78 is 5.41. The maximum atomic E-state index is 6.28. The first-order valence-corrected chi connectivity index (χ1v) is 6.63. The minimum Gasteiger partial charge on any atom is -0.496 e. The smallest absolute Gasteiger partial charge is 0.123 e. The van der Waals surface area contributed by atoms with Gasteiger partial charge in [0.1, 0.15) is 5.75 Å². The zero-order valence-electron chi connectivity index (χ0n) is 11.9. The molecule has 0 aliphatic carbocycles. The van der Waals surface area contributed by atoms with Gasteiger partial charge in [-0.2, -0.15) is 0 Å². The molecule has 0 saturated heterocycles. The second kappa shape index (κ2) is 6.76. The van der Waals surface area contributed by atoms with Gasteiger partial charge in [0.15, 0.2) is 0 Å². The Bertz CT molecular complexity index is 377. The molecule has 1 rings (SSSR count). The molecule has 3 nitrogen and oxygen atoms in total. The Morgan fingerprint density at radius 3 is 2.39 bits per heavy atom. The molecule has 0 bridgehead atoms. The molecule has 0 aromatic heterocycles. The third-order valence-electron chi connectivity index (χ3n) is 3.38. The molecule has 0 amide bonds. The summed E-state index contributed by atoms with van der Waals surface area (Å²) in [6.45, 7) is 7.15. The zero-order valence-corrected chi connectivity index (χ0v) is 11.9. The summed E-state index contributed by atoms with van der Waals surface area (Å²) in [5.74, 6) is 1.79. The molecule has 0 fully saturated rings. The summed E-state index contributed by atoms with van der Waals surface area (Å²) >= 11 is 0. The lowest BCUT2D eigenvalue weighted by Gasteiger charge is -2.20. The quantitative estimate of drug-likeness (QED) is 0.816. The number of nitrogens with two attached hydrogens (primary N) is 2. The summed E-state index contributed by atoms with van der Waals surface area (Å²) in [5, 5.41) is 0. The van der Waals surface area contributed by atoms with Gasteiger partial charge < -0.3 is 16.2 Å². The van der Waals surface area contributed by atoms with Crippen LogP contribution in [0.15, 0.2) is 18.2 Å². The van der Waals surface area contributed by atoms with Gasteiger partial charge in [-0.1, -0.05) is 32.9 Å². The van der Waals surface area contributed by atoms with Crippen molar-refractivity contribution in [3.63, 3.8) is 0 Å². The SMILES string of the molecule is COc1ccc(C(C)C)cc1C(N)CC(C)CN. The van der Waals surface area contributed by atoms with Crippen molar-refractivity contribution in [2.24, 2.45) is 17.4 Å². The van der Waals surface area contributed by atoms with E-state index in [2.05, 4.69) is 32.9 Å². The molecule has 102 valence electrons. The number of hydrogen-bond donors (Lipinski definition) is 2. The summed E-state index contributed by atoms with van der Waals surface area (Å²) in [5.41, 5.74) is 14.3. The van der Waals surface area contributed by atoms with Gasteiger partial charge in [0, 0.05) is 11.6 Å². The lowest BCUT2D eigenvalue weighted by Crippen LogP contribution is -2.20. The van der Waals surface area contributed by atoms with E-state index < -0.39 is 0 Å². The molecule has 3 heteroatoms. The van der Waals surface area contributed by atoms with Crippen molar-refractivity contribution in [3.8, 4) is 5.75 Å². The molecule has 2 atom stereocenters. The van der Waals surface area contributed by atoms with Crippen molar-refractivity contribution in [2.75, 3.05) is 13.7 Å². The van der Waals surface area contributed by atoms with Crippen LogP contribution in [-0.4, -0.2) is 13.7 Å². The number of benzene rings is 1. The lowest BCUT2D eigenvalue weighted by atomic mass is 9.92. The number of methoxy groups -OCH3 is 1. The van der Waals surface area contributed by atoms with Crippen LogP contribution in [-0.2, 0) is 0 Å². The molecule has 0 radical (unpaired) electrons. The lowest BCUT2D eigenvalue weighted by molar-refractivity contribution is 0.397. The van der Waals surface area contributed by atoms with Crippen molar-refractivity contribution < 1.29 is 4.74 Å². The molecule has 18 heavy (non-hydrogen) atoms. The first kappa shape index (κ1) is 15.0. The van der Waals surface area contributed by atoms with Crippen LogP contribution >= 0.6 is 0 Å². The Morgan fingerprint density at radius 1 is 1.22 bits per heavy atom. The van der Waals surface area contributed by atoms with Gasteiger partial charge in [-0.25, -0.2) is 0 Å². The van der Waals surface area contributed by atoms with Gasteiger partial charge >= 0.3 is 0 Å². The third-order valence-corrected chi connectivity index (χ3v) is 3.38. The van der Waals surface area contributed by atoms with E-state index in [1.807, 2.05) is 6.07 Å². The number of rotatable bonds is 6. The van der Waals surface area contributed by atoms with Crippen molar-refractivity contribution >= 4 is 0 Å². The molecule has 0 heterocycles. The monoisotopic (exact) mass is 250 g/mol. The fourth-order valence-electron chi connectivity index (χ4n) is 2.06. The molecular weight excluding hydrogens is 224 g/mol. The minimum atomic E-state index is -0.0165. The summed E-state index contributed by atoms with van der Waals surface area (Å²) in [6, 6.07) is 6.26. The number of ether oxygens (including phenoxy) is 1. The van der Waals surface area contributed by atoms with E-state index in [1.165, 1.54) is 5.56 Å². The molecule has 0 saturated carbocycles. The largest absolute Gasteiger partial charge is 0.496 e. The molecule has 2 unspecified atom stereocenters. The highest BCUT2D eigenvalue weighted by atomic mass is 16.5. The van der Waals surface area contributed by atoms with E-state index in [4.69, 9.17) is 16.2 Å². The van der Waals surface area contributed by atoms with E-state index in [0.717, 1.165) is 17.7 Å². The van der Waals surface area contributed by atoms with Gasteiger partial charge in [0.2, 0.25) is 0 Å². The fraction of sp³-hybridized carbons (Fsp3) is 0.600. The predicted octanol–water partition coefficient (Wildman–Crippen LogP) is 2.80. The van der Waals surface area contributed by atoms with Crippen LogP contribution in [0.1, 0.15) is 50.3 Å². The van der Waals surface area contributed by atoms with E-state index in [1.54, 1.807) is 7.11 Å². The average molecular weight is 250 g/mol. The molecule has 0 spiro atoms. The zero-order chi connectivity index (χ0) is 13.7. The molecule has 0 aliphatic heterocycles. The van der Waals surface area contributed by atoms with Gasteiger partial charge in [0.25, 0.3) is 0 Å². The maximum Gasteiger partial charge on any atom is 0.123 e. The first-order chi connectivity index (χ1) is 8.49. The van der Waals surface area contributed by atoms with Crippen molar-refractivity contribution in [3.05, 3.63) is 29.3 Å². The minimum absolute atomic E-state index is 0.0165. The normalized spacial score (nSPS) is 14.6. The Morgan fingerprint density at radius 2 is 1.89 bits per heavy atom. The Balaban J connectivity index is 2.99. The van der Waals surface area contributed by atoms with E-state index in [-0.39, 0.29) is 6.04 Å². The van der Waals surface area contributed by atoms with Crippen LogP contribution in [0.4, 0.5) is 0 Å². The Labute approximate surface area is 111 Å². The Hall–Kier alpha value is -1.06. The second-order valence-corrected chi connectivity index (χ2v) is 5.34. The highest BCUT2D eigenvalue weighted by Gasteiger charge is 2.16. The van der Waals surface area contributed by atoms with Crippen LogP contribution in [0.5, 0.6) is 5.75 Å². The van der Waals surface area contributed by atoms with Gasteiger partial charge in [-0.3, -0.25) is 0 Å². The van der Waals surface area contributed by atoms with Crippen LogP contribution in [0, 0.1) is 5.92 Å². The van der Waals surface area contributed by atoms with Crippen molar-refractivity contribution in [2.45, 2.75) is 39.2 Å². The standard InChI is InChI=1S/C15H26N2O/c1-10(2)12-5-6-15(18-4)13(8-12)14(17)7-11(3)9-16/h5-6,8,10-11,14H,7,9,16-17H2,1-4H3. The van der Waals surface area contributed by atoms with Crippen molar-refractivity contribution in [1.29, 1.82) is 0 Å². The highest BCUT2D eigenvalue weighted by molar-refractivity contribution is 5.40. The molecule has 1 aromatic carbocycles. The van der Waals surface area contributed by atoms with Gasteiger partial charge in [-0.15, -0.1) is 0 Å². The fourth-order valence-corrected chi connectivity index (χ4v) is 2.06. The predicted molar refractivity (Wildman–Crippen MR) is 76.8 cm³/mol. The maximum absolute atomic E-state index is 6.28. The van der Waals surface area contributed by atoms with E-state index in [0.29, 0.717) is 18.4 Å². The summed E-state index contributed by atoms with van der Waals surface area (Å²) in [6.07, 6.45) is 0.883. The summed E-state index contributed by atoms with van der Waals surface area (Å²) in [7, 11) is 1.69.